The summed E-state index contributed by atoms with van der Waals surface area (Å²) in [5.74, 6) is 0.654. The summed E-state index contributed by atoms with van der Waals surface area (Å²) in [5.41, 5.74) is 2.51. The fraction of sp³-hybridized carbons (Fsp3) is 0.333. The van der Waals surface area contributed by atoms with E-state index in [1.807, 2.05) is 12.1 Å². The quantitative estimate of drug-likeness (QED) is 0.563. The molecule has 0 saturated carbocycles. The summed E-state index contributed by atoms with van der Waals surface area (Å²) in [4.78, 5) is 24.2. The molecule has 0 aliphatic carbocycles. The maximum Gasteiger partial charge on any atom is 0.310 e. The van der Waals surface area contributed by atoms with Crippen LogP contribution in [0.25, 0.3) is 0 Å². The second-order valence-electron chi connectivity index (χ2n) is 6.19. The van der Waals surface area contributed by atoms with Gasteiger partial charge in [-0.25, -0.2) is 0 Å². The van der Waals surface area contributed by atoms with E-state index in [1.165, 1.54) is 5.56 Å². The first-order valence-electron chi connectivity index (χ1n) is 8.82. The molecule has 5 nitrogen and oxygen atoms in total. The molecular formula is C21H22O5. The first kappa shape index (κ1) is 18.0. The zero-order valence-electron chi connectivity index (χ0n) is 14.8. The van der Waals surface area contributed by atoms with Gasteiger partial charge in [0.2, 0.25) is 0 Å². The Kier molecular flexibility index (Phi) is 5.89. The van der Waals surface area contributed by atoms with E-state index in [0.717, 1.165) is 18.4 Å². The lowest BCUT2D eigenvalue weighted by Crippen LogP contribution is -2.17. The molecule has 2 aromatic rings. The maximum absolute atomic E-state index is 12.1. The second-order valence-corrected chi connectivity index (χ2v) is 6.19. The standard InChI is InChI=1S/C21H22O5/c1-2-3-15-4-7-17(8-5-15)18(22)14-26-21(23)13-16-6-9-19-20(12-16)25-11-10-24-19/h4-9,12H,2-3,10-11,13-14H2,1H3. The van der Waals surface area contributed by atoms with Crippen LogP contribution >= 0.6 is 0 Å². The largest absolute Gasteiger partial charge is 0.486 e. The van der Waals surface area contributed by atoms with Gasteiger partial charge in [-0.2, -0.15) is 0 Å². The number of carbonyl (C=O) groups excluding carboxylic acids is 2. The molecule has 0 saturated heterocycles. The van der Waals surface area contributed by atoms with Crippen LogP contribution in [0.3, 0.4) is 0 Å². The monoisotopic (exact) mass is 354 g/mol. The number of benzene rings is 2. The van der Waals surface area contributed by atoms with Crippen LogP contribution in [-0.2, 0) is 22.4 Å². The molecule has 0 N–H and O–H groups in total. The molecule has 0 atom stereocenters. The SMILES string of the molecule is CCCc1ccc(C(=O)COC(=O)Cc2ccc3c(c2)OCCO3)cc1. The number of fused-ring (bicyclic) bond motifs is 1. The molecule has 3 rings (SSSR count). The number of ether oxygens (including phenoxy) is 3. The minimum atomic E-state index is -0.447. The van der Waals surface area contributed by atoms with Crippen LogP contribution in [0.5, 0.6) is 11.5 Å². The first-order valence-corrected chi connectivity index (χ1v) is 8.82. The predicted molar refractivity (Wildman–Crippen MR) is 96.9 cm³/mol. The number of aryl methyl sites for hydroxylation is 1. The topological polar surface area (TPSA) is 61.8 Å². The van der Waals surface area contributed by atoms with E-state index < -0.39 is 5.97 Å². The van der Waals surface area contributed by atoms with Gasteiger partial charge in [-0.05, 0) is 29.7 Å². The van der Waals surface area contributed by atoms with Gasteiger partial charge in [-0.3, -0.25) is 9.59 Å². The number of esters is 1. The van der Waals surface area contributed by atoms with Crippen LogP contribution in [0.4, 0.5) is 0 Å². The lowest BCUT2D eigenvalue weighted by molar-refractivity contribution is -0.141. The van der Waals surface area contributed by atoms with E-state index in [9.17, 15) is 9.59 Å². The number of Topliss-reactive ketones (excluding diaryl/α,β-unsaturated/α-hetero) is 1. The van der Waals surface area contributed by atoms with E-state index in [-0.39, 0.29) is 18.8 Å². The van der Waals surface area contributed by atoms with E-state index in [2.05, 4.69) is 6.92 Å². The van der Waals surface area contributed by atoms with Gasteiger partial charge < -0.3 is 14.2 Å². The molecule has 1 aliphatic rings. The van der Waals surface area contributed by atoms with Crippen molar-refractivity contribution >= 4 is 11.8 Å². The van der Waals surface area contributed by atoms with Crippen LogP contribution < -0.4 is 9.47 Å². The van der Waals surface area contributed by atoms with Gasteiger partial charge in [-0.15, -0.1) is 0 Å². The van der Waals surface area contributed by atoms with Crippen molar-refractivity contribution < 1.29 is 23.8 Å². The third-order valence-electron chi connectivity index (χ3n) is 4.13. The number of rotatable bonds is 7. The highest BCUT2D eigenvalue weighted by molar-refractivity contribution is 5.98. The molecule has 0 radical (unpaired) electrons. The summed E-state index contributed by atoms with van der Waals surface area (Å²) in [6.07, 6.45) is 2.13. The van der Waals surface area contributed by atoms with Crippen molar-refractivity contribution in [3.63, 3.8) is 0 Å². The minimum absolute atomic E-state index is 0.0827. The van der Waals surface area contributed by atoms with Crippen molar-refractivity contribution in [2.45, 2.75) is 26.2 Å². The zero-order valence-corrected chi connectivity index (χ0v) is 14.8. The molecule has 1 aliphatic heterocycles. The Balaban J connectivity index is 1.51. The van der Waals surface area contributed by atoms with Gasteiger partial charge in [-0.1, -0.05) is 43.7 Å². The van der Waals surface area contributed by atoms with Crippen molar-refractivity contribution in [3.05, 3.63) is 59.2 Å². The number of hydrogen-bond acceptors (Lipinski definition) is 5. The third kappa shape index (κ3) is 4.63. The second kappa shape index (κ2) is 8.52. The van der Waals surface area contributed by atoms with Gasteiger partial charge in [0.25, 0.3) is 0 Å². The molecule has 0 fully saturated rings. The zero-order chi connectivity index (χ0) is 18.4. The summed E-state index contributed by atoms with van der Waals surface area (Å²) < 4.78 is 16.1. The van der Waals surface area contributed by atoms with Crippen LogP contribution in [-0.4, -0.2) is 31.6 Å². The highest BCUT2D eigenvalue weighted by Crippen LogP contribution is 2.30. The lowest BCUT2D eigenvalue weighted by atomic mass is 10.1. The van der Waals surface area contributed by atoms with E-state index in [0.29, 0.717) is 30.3 Å². The third-order valence-corrected chi connectivity index (χ3v) is 4.13. The molecule has 1 heterocycles. The minimum Gasteiger partial charge on any atom is -0.486 e. The number of carbonyl (C=O) groups is 2. The lowest BCUT2D eigenvalue weighted by Gasteiger charge is -2.18. The maximum atomic E-state index is 12.1. The number of hydrogen-bond donors (Lipinski definition) is 0. The smallest absolute Gasteiger partial charge is 0.310 e. The van der Waals surface area contributed by atoms with Crippen molar-refractivity contribution in [1.82, 2.24) is 0 Å². The van der Waals surface area contributed by atoms with Crippen molar-refractivity contribution in [3.8, 4) is 11.5 Å². The molecule has 26 heavy (non-hydrogen) atoms. The van der Waals surface area contributed by atoms with Crippen LogP contribution in [0.15, 0.2) is 42.5 Å². The summed E-state index contributed by atoms with van der Waals surface area (Å²) in [7, 11) is 0. The van der Waals surface area contributed by atoms with Gasteiger partial charge in [0, 0.05) is 5.56 Å². The average molecular weight is 354 g/mol. The Morgan fingerprint density at radius 2 is 1.65 bits per heavy atom. The molecule has 0 unspecified atom stereocenters. The molecule has 0 aromatic heterocycles. The highest BCUT2D eigenvalue weighted by Gasteiger charge is 2.15. The summed E-state index contributed by atoms with van der Waals surface area (Å²) in [6.45, 7) is 2.87. The Labute approximate surface area is 152 Å². The molecule has 2 aromatic carbocycles. The molecule has 0 amide bonds. The molecular weight excluding hydrogens is 332 g/mol. The summed E-state index contributed by atoms with van der Waals surface area (Å²) in [6, 6.07) is 12.8. The molecule has 0 spiro atoms. The summed E-state index contributed by atoms with van der Waals surface area (Å²) >= 11 is 0. The average Bonchev–Trinajstić information content (AvgIpc) is 2.67. The Morgan fingerprint density at radius 1 is 0.962 bits per heavy atom. The first-order chi connectivity index (χ1) is 12.7. The van der Waals surface area contributed by atoms with Crippen LogP contribution in [0.2, 0.25) is 0 Å². The van der Waals surface area contributed by atoms with Crippen LogP contribution in [0.1, 0.15) is 34.8 Å². The Morgan fingerprint density at radius 3 is 2.38 bits per heavy atom. The van der Waals surface area contributed by atoms with Gasteiger partial charge >= 0.3 is 5.97 Å². The number of ketones is 1. The fourth-order valence-corrected chi connectivity index (χ4v) is 2.79. The van der Waals surface area contributed by atoms with Crippen molar-refractivity contribution in [2.24, 2.45) is 0 Å². The van der Waals surface area contributed by atoms with Crippen LogP contribution in [0, 0.1) is 0 Å². The Bertz CT molecular complexity index is 779. The molecule has 136 valence electrons. The van der Waals surface area contributed by atoms with Crippen molar-refractivity contribution in [1.29, 1.82) is 0 Å². The molecule has 5 heteroatoms. The van der Waals surface area contributed by atoms with E-state index >= 15 is 0 Å². The van der Waals surface area contributed by atoms with Crippen molar-refractivity contribution in [2.75, 3.05) is 19.8 Å². The summed E-state index contributed by atoms with van der Waals surface area (Å²) in [5, 5.41) is 0. The van der Waals surface area contributed by atoms with Gasteiger partial charge in [0.15, 0.2) is 23.9 Å². The van der Waals surface area contributed by atoms with E-state index in [1.54, 1.807) is 30.3 Å². The normalized spacial score (nSPS) is 12.5. The van der Waals surface area contributed by atoms with Gasteiger partial charge in [0.1, 0.15) is 13.2 Å². The molecule has 0 bridgehead atoms. The van der Waals surface area contributed by atoms with E-state index in [4.69, 9.17) is 14.2 Å². The Hall–Kier alpha value is -2.82. The fourth-order valence-electron chi connectivity index (χ4n) is 2.79. The highest BCUT2D eigenvalue weighted by atomic mass is 16.6. The van der Waals surface area contributed by atoms with Gasteiger partial charge in [0.05, 0.1) is 6.42 Å². The predicted octanol–water partition coefficient (Wildman–Crippen LogP) is 3.38.